The first-order valence-electron chi connectivity index (χ1n) is 12.6. The molecule has 1 unspecified atom stereocenters. The molecule has 0 aliphatic heterocycles. The minimum absolute atomic E-state index is 0. The zero-order valence-electron chi connectivity index (χ0n) is 24.4. The van der Waals surface area contributed by atoms with Crippen LogP contribution in [0.25, 0.3) is 5.70 Å². The monoisotopic (exact) mass is 629 g/mol. The van der Waals surface area contributed by atoms with E-state index in [9.17, 15) is 8.78 Å². The SMILES string of the molecule is C/C(N)=C/C(OCc1ncc(F)cc1F)=C(\O)Cl.CCC.CO.[CH-]=C(C)C=NC(=C)c1ccc2c(n1)C(C)CC2.[Cr]. The number of aliphatic hydroxyl groups excluding tert-OH is 2. The molecule has 41 heavy (non-hydrogen) atoms. The summed E-state index contributed by atoms with van der Waals surface area (Å²) in [6.45, 7) is 19.0. The maximum absolute atomic E-state index is 13.2. The van der Waals surface area contributed by atoms with Crippen molar-refractivity contribution in [3.05, 3.63) is 100 Å². The molecule has 7 nitrogen and oxygen atoms in total. The Kier molecular flexibility index (Phi) is 21.2. The number of pyridine rings is 2. The molecule has 0 bridgehead atoms. The molecular formula is C30H40ClCrF2N4O3-. The van der Waals surface area contributed by atoms with Gasteiger partial charge in [0.15, 0.2) is 11.6 Å². The third kappa shape index (κ3) is 15.5. The van der Waals surface area contributed by atoms with Gasteiger partial charge in [-0.15, -0.1) is 6.21 Å². The summed E-state index contributed by atoms with van der Waals surface area (Å²) in [5.41, 5.74) is 10.3. The molecule has 0 spiro atoms. The Balaban J connectivity index is 0. The van der Waals surface area contributed by atoms with Crippen molar-refractivity contribution in [2.24, 2.45) is 10.7 Å². The van der Waals surface area contributed by atoms with Gasteiger partial charge in [-0.3, -0.25) is 16.5 Å². The molecule has 2 heterocycles. The molecule has 0 saturated heterocycles. The third-order valence-corrected chi connectivity index (χ3v) is 5.04. The maximum atomic E-state index is 13.2. The Bertz CT molecular complexity index is 1210. The van der Waals surface area contributed by atoms with E-state index in [2.05, 4.69) is 48.4 Å². The van der Waals surface area contributed by atoms with Crippen LogP contribution in [0.2, 0.25) is 0 Å². The summed E-state index contributed by atoms with van der Waals surface area (Å²) in [5.74, 6) is -1.21. The van der Waals surface area contributed by atoms with Crippen LogP contribution in [0.5, 0.6) is 0 Å². The summed E-state index contributed by atoms with van der Waals surface area (Å²) in [5, 5.41) is 15.5. The van der Waals surface area contributed by atoms with Crippen molar-refractivity contribution in [3.8, 4) is 0 Å². The van der Waals surface area contributed by atoms with Gasteiger partial charge < -0.3 is 25.7 Å². The van der Waals surface area contributed by atoms with Gasteiger partial charge in [-0.05, 0) is 48.9 Å². The first-order valence-corrected chi connectivity index (χ1v) is 13.0. The molecule has 1 atom stereocenters. The summed E-state index contributed by atoms with van der Waals surface area (Å²) in [4.78, 5) is 12.4. The van der Waals surface area contributed by atoms with Crippen LogP contribution in [-0.4, -0.2) is 33.5 Å². The van der Waals surface area contributed by atoms with Crippen LogP contribution in [-0.2, 0) is 35.1 Å². The number of ether oxygens (including phenoxy) is 1. The van der Waals surface area contributed by atoms with Gasteiger partial charge in [-0.25, -0.2) is 14.4 Å². The van der Waals surface area contributed by atoms with Crippen LogP contribution in [0.4, 0.5) is 8.78 Å². The molecule has 0 aromatic carbocycles. The number of halogens is 3. The third-order valence-electron chi connectivity index (χ3n) is 4.86. The Labute approximate surface area is 258 Å². The molecule has 0 radical (unpaired) electrons. The molecule has 2 aromatic rings. The zero-order valence-corrected chi connectivity index (χ0v) is 26.4. The fourth-order valence-electron chi connectivity index (χ4n) is 3.12. The predicted octanol–water partition coefficient (Wildman–Crippen LogP) is 7.28. The van der Waals surface area contributed by atoms with Gasteiger partial charge in [-0.1, -0.05) is 46.8 Å². The molecule has 1 aliphatic rings. The number of fused-ring (bicyclic) bond motifs is 1. The van der Waals surface area contributed by atoms with Crippen molar-refractivity contribution in [1.29, 1.82) is 0 Å². The van der Waals surface area contributed by atoms with Crippen LogP contribution < -0.4 is 5.73 Å². The molecular weight excluding hydrogens is 590 g/mol. The van der Waals surface area contributed by atoms with E-state index in [0.717, 1.165) is 25.4 Å². The van der Waals surface area contributed by atoms with Crippen LogP contribution in [0.15, 0.2) is 64.3 Å². The number of hydrogen-bond donors (Lipinski definition) is 3. The van der Waals surface area contributed by atoms with Gasteiger partial charge >= 0.3 is 0 Å². The van der Waals surface area contributed by atoms with E-state index in [1.807, 2.05) is 6.07 Å². The number of aliphatic imine (C=N–C) groups is 1. The minimum atomic E-state index is -0.850. The first kappa shape index (κ1) is 40.1. The first-order chi connectivity index (χ1) is 18.9. The summed E-state index contributed by atoms with van der Waals surface area (Å²) in [6, 6.07) is 4.81. The van der Waals surface area contributed by atoms with E-state index in [0.29, 0.717) is 29.0 Å². The molecule has 2 aromatic heterocycles. The Hall–Kier alpha value is -3.03. The second kappa shape index (κ2) is 21.7. The molecule has 11 heteroatoms. The second-order valence-electron chi connectivity index (χ2n) is 8.75. The second-order valence-corrected chi connectivity index (χ2v) is 9.11. The summed E-state index contributed by atoms with van der Waals surface area (Å²) in [6.07, 6.45) is 7.31. The number of aryl methyl sites for hydroxylation is 1. The van der Waals surface area contributed by atoms with Crippen LogP contribution in [0, 0.1) is 18.2 Å². The molecule has 226 valence electrons. The van der Waals surface area contributed by atoms with Gasteiger partial charge in [0, 0.05) is 48.0 Å². The fraction of sp³-hybridized carbons (Fsp3) is 0.367. The van der Waals surface area contributed by atoms with Crippen LogP contribution >= 0.6 is 11.6 Å². The minimum Gasteiger partial charge on any atom is -0.496 e. The number of nitrogens with two attached hydrogens (primary N) is 1. The molecule has 3 rings (SSSR count). The van der Waals surface area contributed by atoms with Crippen LogP contribution in [0.3, 0.4) is 0 Å². The Morgan fingerprint density at radius 2 is 1.90 bits per heavy atom. The van der Waals surface area contributed by atoms with E-state index in [-0.39, 0.29) is 35.4 Å². The summed E-state index contributed by atoms with van der Waals surface area (Å²) < 4.78 is 30.9. The number of nitrogens with zero attached hydrogens (tertiary/aromatic N) is 3. The van der Waals surface area contributed by atoms with Crippen molar-refractivity contribution in [2.45, 2.75) is 66.4 Å². The van der Waals surface area contributed by atoms with Gasteiger partial charge in [0.1, 0.15) is 18.1 Å². The number of aromatic nitrogens is 2. The standard InChI is InChI=1S/C15H17N2.C11H11ClF2N2O2.C3H8.CH4O.Cr/c1-10(2)9-16-12(4)14-8-7-13-6-5-11(3)15(13)17-14;1-6(15)2-10(11(12)17)18-5-9-8(14)3-7(13)4-16-9;1-3-2;1-2;/h1,7-9,11H,4-6H2,2-3H3;2-4,17H,5,15H2,1H3;3H2,1-2H3;2H,1H3;/q-1;;;;/b;6-2-,11-10+;;;. The largest absolute Gasteiger partial charge is 0.496 e. The van der Waals surface area contributed by atoms with Gasteiger partial charge in [0.05, 0.1) is 17.6 Å². The summed E-state index contributed by atoms with van der Waals surface area (Å²) in [7, 11) is 1.00. The Morgan fingerprint density at radius 3 is 2.41 bits per heavy atom. The van der Waals surface area contributed by atoms with Crippen molar-refractivity contribution in [3.63, 3.8) is 0 Å². The maximum Gasteiger partial charge on any atom is 0.227 e. The summed E-state index contributed by atoms with van der Waals surface area (Å²) >= 11 is 5.36. The van der Waals surface area contributed by atoms with Crippen molar-refractivity contribution >= 4 is 23.5 Å². The topological polar surface area (TPSA) is 114 Å². The average Bonchev–Trinajstić information content (AvgIpc) is 3.27. The van der Waals surface area contributed by atoms with Gasteiger partial charge in [-0.2, -0.15) is 0 Å². The number of aliphatic hydroxyl groups is 2. The van der Waals surface area contributed by atoms with Crippen LogP contribution in [0.1, 0.15) is 76.0 Å². The normalized spacial score (nSPS) is 14.0. The van der Waals surface area contributed by atoms with E-state index >= 15 is 0 Å². The van der Waals surface area contributed by atoms with E-state index in [1.54, 1.807) is 20.1 Å². The van der Waals surface area contributed by atoms with Crippen molar-refractivity contribution in [1.82, 2.24) is 9.97 Å². The van der Waals surface area contributed by atoms with Crippen molar-refractivity contribution in [2.75, 3.05) is 7.11 Å². The smallest absolute Gasteiger partial charge is 0.227 e. The number of allylic oxidation sites excluding steroid dienone is 3. The Morgan fingerprint density at radius 1 is 1.29 bits per heavy atom. The van der Waals surface area contributed by atoms with Gasteiger partial charge in [0.2, 0.25) is 5.22 Å². The van der Waals surface area contributed by atoms with E-state index in [4.69, 9.17) is 38.9 Å². The van der Waals surface area contributed by atoms with Crippen molar-refractivity contribution < 1.29 is 41.1 Å². The zero-order chi connectivity index (χ0) is 30.8. The fourth-order valence-corrected chi connectivity index (χ4v) is 3.23. The predicted molar refractivity (Wildman–Crippen MR) is 158 cm³/mol. The number of hydrogen-bond acceptors (Lipinski definition) is 7. The molecule has 0 amide bonds. The average molecular weight is 630 g/mol. The van der Waals surface area contributed by atoms with E-state index in [1.165, 1.54) is 30.2 Å². The molecule has 0 fully saturated rings. The molecule has 0 saturated carbocycles. The van der Waals surface area contributed by atoms with Gasteiger partial charge in [0.25, 0.3) is 0 Å². The molecule has 4 N–H and O–H groups in total. The number of rotatable bonds is 7. The van der Waals surface area contributed by atoms with E-state index < -0.39 is 16.9 Å². The quantitative estimate of drug-likeness (QED) is 0.128. The molecule has 1 aliphatic carbocycles.